The first-order valence-corrected chi connectivity index (χ1v) is 5.15. The fourth-order valence-electron chi connectivity index (χ4n) is 1.08. The SMILES string of the molecule is CC(C)C[C@H](N)C(=O)NCC(C)(O)CO. The highest BCUT2D eigenvalue weighted by atomic mass is 16.3. The van der Waals surface area contributed by atoms with Gasteiger partial charge < -0.3 is 21.3 Å². The molecule has 0 spiro atoms. The lowest BCUT2D eigenvalue weighted by molar-refractivity contribution is -0.124. The molecule has 0 heterocycles. The van der Waals surface area contributed by atoms with E-state index in [1.807, 2.05) is 13.8 Å². The summed E-state index contributed by atoms with van der Waals surface area (Å²) in [5, 5.41) is 20.7. The van der Waals surface area contributed by atoms with Crippen molar-refractivity contribution in [2.45, 2.75) is 38.8 Å². The quantitative estimate of drug-likeness (QED) is 0.470. The highest BCUT2D eigenvalue weighted by molar-refractivity contribution is 5.81. The molecule has 5 N–H and O–H groups in total. The predicted molar refractivity (Wildman–Crippen MR) is 58.1 cm³/mol. The highest BCUT2D eigenvalue weighted by Gasteiger charge is 2.22. The van der Waals surface area contributed by atoms with Gasteiger partial charge in [-0.25, -0.2) is 0 Å². The number of nitrogens with one attached hydrogen (secondary N) is 1. The molecule has 0 radical (unpaired) electrons. The van der Waals surface area contributed by atoms with Gasteiger partial charge in [-0.3, -0.25) is 4.79 Å². The Morgan fingerprint density at radius 2 is 2.07 bits per heavy atom. The molecular formula is C10H22N2O3. The zero-order valence-corrected chi connectivity index (χ0v) is 9.66. The molecule has 0 aromatic rings. The molecule has 0 aromatic heterocycles. The van der Waals surface area contributed by atoms with Crippen molar-refractivity contribution in [3.63, 3.8) is 0 Å². The summed E-state index contributed by atoms with van der Waals surface area (Å²) in [5.74, 6) is 0.0570. The van der Waals surface area contributed by atoms with Crippen molar-refractivity contribution in [3.05, 3.63) is 0 Å². The van der Waals surface area contributed by atoms with Gasteiger partial charge in [0.25, 0.3) is 0 Å². The Hall–Kier alpha value is -0.650. The minimum atomic E-state index is -1.28. The Bertz CT molecular complexity index is 205. The second-order valence-electron chi connectivity index (χ2n) is 4.61. The average molecular weight is 218 g/mol. The summed E-state index contributed by atoms with van der Waals surface area (Å²) < 4.78 is 0. The number of hydrogen-bond acceptors (Lipinski definition) is 4. The molecule has 15 heavy (non-hydrogen) atoms. The molecule has 0 aliphatic carbocycles. The second-order valence-corrected chi connectivity index (χ2v) is 4.61. The summed E-state index contributed by atoms with van der Waals surface area (Å²) in [5.41, 5.74) is 4.35. The number of carbonyl (C=O) groups is 1. The maximum Gasteiger partial charge on any atom is 0.237 e. The molecular weight excluding hydrogens is 196 g/mol. The van der Waals surface area contributed by atoms with E-state index in [9.17, 15) is 9.90 Å². The summed E-state index contributed by atoms with van der Waals surface area (Å²) in [4.78, 5) is 11.4. The van der Waals surface area contributed by atoms with Crippen molar-refractivity contribution in [1.29, 1.82) is 0 Å². The van der Waals surface area contributed by atoms with Crippen LogP contribution >= 0.6 is 0 Å². The number of carbonyl (C=O) groups excluding carboxylic acids is 1. The minimum absolute atomic E-state index is 0.00806. The van der Waals surface area contributed by atoms with Crippen LogP contribution in [-0.4, -0.2) is 40.9 Å². The van der Waals surface area contributed by atoms with E-state index in [1.165, 1.54) is 6.92 Å². The van der Waals surface area contributed by atoms with Crippen LogP contribution < -0.4 is 11.1 Å². The summed E-state index contributed by atoms with van der Waals surface area (Å²) in [6.45, 7) is 5.02. The van der Waals surface area contributed by atoms with Crippen LogP contribution in [0.2, 0.25) is 0 Å². The third-order valence-corrected chi connectivity index (χ3v) is 2.05. The second kappa shape index (κ2) is 6.05. The van der Waals surface area contributed by atoms with Crippen LogP contribution in [-0.2, 0) is 4.79 Å². The lowest BCUT2D eigenvalue weighted by Crippen LogP contribution is -2.48. The summed E-state index contributed by atoms with van der Waals surface area (Å²) >= 11 is 0. The van der Waals surface area contributed by atoms with E-state index in [0.29, 0.717) is 12.3 Å². The first-order chi connectivity index (χ1) is 6.78. The Kier molecular flexibility index (Phi) is 5.79. The van der Waals surface area contributed by atoms with Crippen molar-refractivity contribution < 1.29 is 15.0 Å². The van der Waals surface area contributed by atoms with Gasteiger partial charge in [-0.15, -0.1) is 0 Å². The Morgan fingerprint density at radius 3 is 2.47 bits per heavy atom. The molecule has 2 atom stereocenters. The van der Waals surface area contributed by atoms with Crippen molar-refractivity contribution in [1.82, 2.24) is 5.32 Å². The fourth-order valence-corrected chi connectivity index (χ4v) is 1.08. The molecule has 0 aromatic carbocycles. The highest BCUT2D eigenvalue weighted by Crippen LogP contribution is 2.03. The first-order valence-electron chi connectivity index (χ1n) is 5.15. The molecule has 0 aliphatic rings. The van der Waals surface area contributed by atoms with Crippen LogP contribution in [0, 0.1) is 5.92 Å². The van der Waals surface area contributed by atoms with Crippen molar-refractivity contribution >= 4 is 5.91 Å². The Balaban J connectivity index is 3.93. The van der Waals surface area contributed by atoms with E-state index in [1.54, 1.807) is 0 Å². The van der Waals surface area contributed by atoms with Gasteiger partial charge in [-0.1, -0.05) is 13.8 Å². The van der Waals surface area contributed by atoms with Crippen LogP contribution in [0.5, 0.6) is 0 Å². The standard InChI is InChI=1S/C10H22N2O3/c1-7(2)4-8(11)9(14)12-5-10(3,15)6-13/h7-8,13,15H,4-6,11H2,1-3H3,(H,12,14)/t8-,10?/m0/s1. The third-order valence-electron chi connectivity index (χ3n) is 2.05. The number of aliphatic hydroxyl groups excluding tert-OH is 1. The lowest BCUT2D eigenvalue weighted by atomic mass is 10.0. The smallest absolute Gasteiger partial charge is 0.237 e. The summed E-state index contributed by atoms with van der Waals surface area (Å²) in [6, 6.07) is -0.556. The molecule has 1 unspecified atom stereocenters. The Labute approximate surface area is 90.7 Å². The van der Waals surface area contributed by atoms with Crippen LogP contribution in [0.4, 0.5) is 0 Å². The number of rotatable bonds is 6. The summed E-state index contributed by atoms with van der Waals surface area (Å²) in [7, 11) is 0. The van der Waals surface area contributed by atoms with E-state index in [2.05, 4.69) is 5.32 Å². The predicted octanol–water partition coefficient (Wildman–Crippen LogP) is -0.781. The van der Waals surface area contributed by atoms with Crippen LogP contribution in [0.15, 0.2) is 0 Å². The van der Waals surface area contributed by atoms with Crippen LogP contribution in [0.25, 0.3) is 0 Å². The van der Waals surface area contributed by atoms with Gasteiger partial charge >= 0.3 is 0 Å². The molecule has 0 fully saturated rings. The number of hydrogen-bond donors (Lipinski definition) is 4. The number of nitrogens with two attached hydrogens (primary N) is 1. The Morgan fingerprint density at radius 1 is 1.53 bits per heavy atom. The first kappa shape index (κ1) is 14.3. The van der Waals surface area contributed by atoms with Crippen LogP contribution in [0.3, 0.4) is 0 Å². The molecule has 0 bridgehead atoms. The zero-order chi connectivity index (χ0) is 12.1. The van der Waals surface area contributed by atoms with Gasteiger partial charge in [0.15, 0.2) is 0 Å². The zero-order valence-electron chi connectivity index (χ0n) is 9.66. The van der Waals surface area contributed by atoms with Gasteiger partial charge in [0.1, 0.15) is 5.60 Å². The number of amides is 1. The summed E-state index contributed by atoms with van der Waals surface area (Å²) in [6.07, 6.45) is 0.604. The molecule has 1 amide bonds. The maximum absolute atomic E-state index is 11.4. The topological polar surface area (TPSA) is 95.6 Å². The van der Waals surface area contributed by atoms with E-state index >= 15 is 0 Å². The molecule has 0 aliphatic heterocycles. The molecule has 5 nitrogen and oxygen atoms in total. The van der Waals surface area contributed by atoms with Crippen molar-refractivity contribution in [3.8, 4) is 0 Å². The minimum Gasteiger partial charge on any atom is -0.393 e. The van der Waals surface area contributed by atoms with E-state index in [0.717, 1.165) is 0 Å². The van der Waals surface area contributed by atoms with Crippen molar-refractivity contribution in [2.75, 3.05) is 13.2 Å². The monoisotopic (exact) mass is 218 g/mol. The molecule has 0 saturated carbocycles. The molecule has 5 heteroatoms. The van der Waals surface area contributed by atoms with Gasteiger partial charge in [0, 0.05) is 6.54 Å². The van der Waals surface area contributed by atoms with E-state index < -0.39 is 18.2 Å². The molecule has 90 valence electrons. The van der Waals surface area contributed by atoms with Gasteiger partial charge in [-0.2, -0.15) is 0 Å². The lowest BCUT2D eigenvalue weighted by Gasteiger charge is -2.22. The van der Waals surface area contributed by atoms with E-state index in [4.69, 9.17) is 10.8 Å². The van der Waals surface area contributed by atoms with Crippen LogP contribution in [0.1, 0.15) is 27.2 Å². The van der Waals surface area contributed by atoms with E-state index in [-0.39, 0.29) is 12.5 Å². The maximum atomic E-state index is 11.4. The normalized spacial score (nSPS) is 17.3. The van der Waals surface area contributed by atoms with Gasteiger partial charge in [0.2, 0.25) is 5.91 Å². The number of aliphatic hydroxyl groups is 2. The molecule has 0 rings (SSSR count). The third kappa shape index (κ3) is 6.43. The van der Waals surface area contributed by atoms with Gasteiger partial charge in [0.05, 0.1) is 12.6 Å². The largest absolute Gasteiger partial charge is 0.393 e. The molecule has 0 saturated heterocycles. The average Bonchev–Trinajstić information content (AvgIpc) is 2.13. The van der Waals surface area contributed by atoms with Crippen molar-refractivity contribution in [2.24, 2.45) is 11.7 Å². The fraction of sp³-hybridized carbons (Fsp3) is 0.900. The van der Waals surface area contributed by atoms with Gasteiger partial charge in [-0.05, 0) is 19.3 Å².